The van der Waals surface area contributed by atoms with E-state index in [2.05, 4.69) is 32.0 Å². The summed E-state index contributed by atoms with van der Waals surface area (Å²) < 4.78 is 2.18. The number of anilines is 1. The van der Waals surface area contributed by atoms with E-state index < -0.39 is 0 Å². The zero-order chi connectivity index (χ0) is 18.7. The smallest absolute Gasteiger partial charge is 0.253 e. The lowest BCUT2D eigenvalue weighted by atomic mass is 10.2. The lowest BCUT2D eigenvalue weighted by Crippen LogP contribution is -2.11. The SMILES string of the molecule is Cc1cc(C(=O)CSc2nc(N)cc(=O)[nH]2)c(C)n1CCc1cccs1. The number of carbonyl (C=O) groups is 1. The van der Waals surface area contributed by atoms with E-state index in [0.29, 0.717) is 10.7 Å². The minimum atomic E-state index is -0.320. The van der Waals surface area contributed by atoms with Gasteiger partial charge in [-0.15, -0.1) is 11.3 Å². The molecule has 6 nitrogen and oxygen atoms in total. The van der Waals surface area contributed by atoms with E-state index in [-0.39, 0.29) is 22.9 Å². The molecule has 0 aliphatic heterocycles. The number of hydrogen-bond donors (Lipinski definition) is 2. The molecular weight excluding hydrogens is 368 g/mol. The van der Waals surface area contributed by atoms with Gasteiger partial charge in [0.15, 0.2) is 10.9 Å². The number of nitrogens with two attached hydrogens (primary N) is 1. The molecule has 3 aromatic heterocycles. The van der Waals surface area contributed by atoms with E-state index >= 15 is 0 Å². The van der Waals surface area contributed by atoms with E-state index in [0.717, 1.165) is 24.4 Å². The third-order valence-electron chi connectivity index (χ3n) is 4.12. The molecule has 8 heteroatoms. The molecule has 0 bridgehead atoms. The van der Waals surface area contributed by atoms with E-state index in [1.54, 1.807) is 11.3 Å². The molecule has 0 atom stereocenters. The largest absolute Gasteiger partial charge is 0.383 e. The van der Waals surface area contributed by atoms with Crippen molar-refractivity contribution in [1.82, 2.24) is 14.5 Å². The summed E-state index contributed by atoms with van der Waals surface area (Å²) in [5, 5.41) is 2.43. The van der Waals surface area contributed by atoms with Gasteiger partial charge in [0, 0.05) is 34.4 Å². The lowest BCUT2D eigenvalue weighted by Gasteiger charge is -2.09. The van der Waals surface area contributed by atoms with Gasteiger partial charge in [0.25, 0.3) is 5.56 Å². The van der Waals surface area contributed by atoms with Crippen LogP contribution in [0.2, 0.25) is 0 Å². The Labute approximate surface area is 159 Å². The number of carbonyl (C=O) groups excluding carboxylic acids is 1. The van der Waals surface area contributed by atoms with Crippen LogP contribution in [-0.4, -0.2) is 26.1 Å². The summed E-state index contributed by atoms with van der Waals surface area (Å²) in [6.07, 6.45) is 0.949. The van der Waals surface area contributed by atoms with Crippen LogP contribution >= 0.6 is 23.1 Å². The first kappa shape index (κ1) is 18.5. The van der Waals surface area contributed by atoms with Crippen molar-refractivity contribution in [2.24, 2.45) is 0 Å². The highest BCUT2D eigenvalue weighted by atomic mass is 32.2. The number of aromatic nitrogens is 3. The number of nitrogen functional groups attached to an aromatic ring is 1. The van der Waals surface area contributed by atoms with Gasteiger partial charge >= 0.3 is 0 Å². The minimum Gasteiger partial charge on any atom is -0.383 e. The summed E-state index contributed by atoms with van der Waals surface area (Å²) in [7, 11) is 0. The zero-order valence-electron chi connectivity index (χ0n) is 14.6. The van der Waals surface area contributed by atoms with Crippen LogP contribution in [0.5, 0.6) is 0 Å². The van der Waals surface area contributed by atoms with Crippen molar-refractivity contribution in [1.29, 1.82) is 0 Å². The maximum Gasteiger partial charge on any atom is 0.253 e. The first-order chi connectivity index (χ1) is 12.4. The van der Waals surface area contributed by atoms with E-state index in [1.807, 2.05) is 19.9 Å². The molecular formula is C18H20N4O2S2. The Hall–Kier alpha value is -2.32. The first-order valence-corrected chi connectivity index (χ1v) is 10.0. The van der Waals surface area contributed by atoms with Crippen LogP contribution in [-0.2, 0) is 13.0 Å². The molecule has 26 heavy (non-hydrogen) atoms. The Morgan fingerprint density at radius 2 is 2.19 bits per heavy atom. The van der Waals surface area contributed by atoms with Crippen LogP contribution < -0.4 is 11.3 Å². The molecule has 0 spiro atoms. The average molecular weight is 389 g/mol. The highest BCUT2D eigenvalue weighted by molar-refractivity contribution is 7.99. The fourth-order valence-corrected chi connectivity index (χ4v) is 4.30. The average Bonchev–Trinajstić information content (AvgIpc) is 3.19. The number of aryl methyl sites for hydroxylation is 2. The Morgan fingerprint density at radius 1 is 1.38 bits per heavy atom. The summed E-state index contributed by atoms with van der Waals surface area (Å²) in [5.41, 5.74) is 8.00. The number of hydrogen-bond acceptors (Lipinski definition) is 6. The van der Waals surface area contributed by atoms with Crippen molar-refractivity contribution in [3.8, 4) is 0 Å². The molecule has 0 saturated carbocycles. The summed E-state index contributed by atoms with van der Waals surface area (Å²) >= 11 is 2.93. The number of Topliss-reactive ketones (excluding diaryl/α,β-unsaturated/α-hetero) is 1. The van der Waals surface area contributed by atoms with Crippen LogP contribution in [0, 0.1) is 13.8 Å². The fraction of sp³-hybridized carbons (Fsp3) is 0.278. The van der Waals surface area contributed by atoms with Crippen LogP contribution in [0.15, 0.2) is 39.6 Å². The van der Waals surface area contributed by atoms with Crippen LogP contribution in [0.4, 0.5) is 5.82 Å². The highest BCUT2D eigenvalue weighted by Gasteiger charge is 2.16. The summed E-state index contributed by atoms with van der Waals surface area (Å²) in [5.74, 6) is 0.354. The quantitative estimate of drug-likeness (QED) is 0.369. The van der Waals surface area contributed by atoms with Gasteiger partial charge in [-0.25, -0.2) is 4.98 Å². The molecule has 0 saturated heterocycles. The van der Waals surface area contributed by atoms with Gasteiger partial charge in [0.1, 0.15) is 5.82 Å². The number of H-pyrrole nitrogens is 1. The lowest BCUT2D eigenvalue weighted by molar-refractivity contribution is 0.102. The number of nitrogens with one attached hydrogen (secondary N) is 1. The fourth-order valence-electron chi connectivity index (χ4n) is 2.84. The van der Waals surface area contributed by atoms with Crippen molar-refractivity contribution < 1.29 is 4.79 Å². The summed E-state index contributed by atoms with van der Waals surface area (Å²) in [4.78, 5) is 32.0. The van der Waals surface area contributed by atoms with Gasteiger partial charge in [-0.2, -0.15) is 0 Å². The molecule has 3 N–H and O–H groups in total. The van der Waals surface area contributed by atoms with E-state index in [1.165, 1.54) is 22.7 Å². The van der Waals surface area contributed by atoms with E-state index in [4.69, 9.17) is 5.73 Å². The molecule has 0 radical (unpaired) electrons. The van der Waals surface area contributed by atoms with Gasteiger partial charge in [0.05, 0.1) is 5.75 Å². The van der Waals surface area contributed by atoms with Gasteiger partial charge in [0.2, 0.25) is 0 Å². The van der Waals surface area contributed by atoms with Gasteiger partial charge < -0.3 is 15.3 Å². The number of thioether (sulfide) groups is 1. The zero-order valence-corrected chi connectivity index (χ0v) is 16.2. The number of aromatic amines is 1. The second-order valence-corrected chi connectivity index (χ2v) is 7.95. The van der Waals surface area contributed by atoms with Crippen molar-refractivity contribution in [2.75, 3.05) is 11.5 Å². The summed E-state index contributed by atoms with van der Waals surface area (Å²) in [6.45, 7) is 4.84. The van der Waals surface area contributed by atoms with Crippen molar-refractivity contribution in [2.45, 2.75) is 32.0 Å². The Kier molecular flexibility index (Phi) is 5.63. The predicted molar refractivity (Wildman–Crippen MR) is 106 cm³/mol. The van der Waals surface area contributed by atoms with Gasteiger partial charge in [-0.3, -0.25) is 9.59 Å². The first-order valence-electron chi connectivity index (χ1n) is 8.16. The second-order valence-electron chi connectivity index (χ2n) is 5.95. The minimum absolute atomic E-state index is 0.00977. The highest BCUT2D eigenvalue weighted by Crippen LogP contribution is 2.21. The topological polar surface area (TPSA) is 93.8 Å². The van der Waals surface area contributed by atoms with Crippen molar-refractivity contribution in [3.05, 3.63) is 61.8 Å². The van der Waals surface area contributed by atoms with Gasteiger partial charge in [-0.1, -0.05) is 17.8 Å². The Morgan fingerprint density at radius 3 is 2.88 bits per heavy atom. The maximum atomic E-state index is 12.6. The van der Waals surface area contributed by atoms with Crippen LogP contribution in [0.3, 0.4) is 0 Å². The molecule has 0 aliphatic rings. The molecule has 0 aromatic carbocycles. The molecule has 0 amide bonds. The molecule has 3 aromatic rings. The molecule has 0 fully saturated rings. The molecule has 3 rings (SSSR count). The van der Waals surface area contributed by atoms with Crippen molar-refractivity contribution >= 4 is 34.7 Å². The van der Waals surface area contributed by atoms with Crippen molar-refractivity contribution in [3.63, 3.8) is 0 Å². The number of ketones is 1. The predicted octanol–water partition coefficient (Wildman–Crippen LogP) is 3.05. The summed E-state index contributed by atoms with van der Waals surface area (Å²) in [6, 6.07) is 7.33. The third-order valence-corrected chi connectivity index (χ3v) is 5.93. The molecule has 0 unspecified atom stereocenters. The third kappa shape index (κ3) is 4.25. The molecule has 136 valence electrons. The number of nitrogens with zero attached hydrogens (tertiary/aromatic N) is 2. The maximum absolute atomic E-state index is 12.6. The van der Waals surface area contributed by atoms with Crippen LogP contribution in [0.1, 0.15) is 26.6 Å². The standard InChI is InChI=1S/C18H20N4O2S2/c1-11-8-14(12(2)22(11)6-5-13-4-3-7-25-13)15(23)10-26-18-20-16(19)9-17(24)21-18/h3-4,7-9H,5-6,10H2,1-2H3,(H3,19,20,21,24). The van der Waals surface area contributed by atoms with E-state index in [9.17, 15) is 9.59 Å². The molecule has 3 heterocycles. The van der Waals surface area contributed by atoms with Crippen LogP contribution in [0.25, 0.3) is 0 Å². The molecule has 0 aliphatic carbocycles. The number of rotatable bonds is 7. The normalized spacial score (nSPS) is 11.0. The Bertz CT molecular complexity index is 974. The number of thiophene rings is 1. The monoisotopic (exact) mass is 388 g/mol. The van der Waals surface area contributed by atoms with Gasteiger partial charge in [-0.05, 0) is 37.8 Å². The second kappa shape index (κ2) is 7.92. The Balaban J connectivity index is 1.69.